The van der Waals surface area contributed by atoms with E-state index in [9.17, 15) is 13.2 Å². The predicted molar refractivity (Wildman–Crippen MR) is 69.6 cm³/mol. The van der Waals surface area contributed by atoms with Crippen LogP contribution < -0.4 is 0 Å². The van der Waals surface area contributed by atoms with E-state index >= 15 is 0 Å². The molecule has 0 aromatic rings. The minimum absolute atomic E-state index is 0.0331. The summed E-state index contributed by atoms with van der Waals surface area (Å²) in [4.78, 5) is 11.0. The van der Waals surface area contributed by atoms with E-state index in [1.807, 2.05) is 13.8 Å². The second-order valence-corrected chi connectivity index (χ2v) is 7.23. The first-order chi connectivity index (χ1) is 8.36. The normalized spacial score (nSPS) is 16.3. The van der Waals surface area contributed by atoms with Gasteiger partial charge in [-0.1, -0.05) is 13.8 Å². The zero-order valence-corrected chi connectivity index (χ0v) is 12.2. The summed E-state index contributed by atoms with van der Waals surface area (Å²) in [6.45, 7) is 4.60. The number of ether oxygens (including phenoxy) is 1. The van der Waals surface area contributed by atoms with Crippen LogP contribution in [0.25, 0.3) is 0 Å². The van der Waals surface area contributed by atoms with Gasteiger partial charge in [-0.3, -0.25) is 4.79 Å². The molecule has 0 aromatic carbocycles. The zero-order valence-electron chi connectivity index (χ0n) is 11.4. The van der Waals surface area contributed by atoms with E-state index < -0.39 is 10.0 Å². The van der Waals surface area contributed by atoms with Gasteiger partial charge in [0.05, 0.1) is 12.9 Å². The number of sulfonamides is 1. The van der Waals surface area contributed by atoms with Gasteiger partial charge in [0.15, 0.2) is 0 Å². The molecule has 0 heterocycles. The summed E-state index contributed by atoms with van der Waals surface area (Å²) >= 11 is 0. The van der Waals surface area contributed by atoms with Crippen molar-refractivity contribution >= 4 is 16.0 Å². The Kier molecular flexibility index (Phi) is 5.59. The fourth-order valence-electron chi connectivity index (χ4n) is 1.83. The number of nitrogens with zero attached hydrogens (tertiary/aromatic N) is 1. The Morgan fingerprint density at radius 1 is 1.39 bits per heavy atom. The van der Waals surface area contributed by atoms with E-state index in [1.54, 1.807) is 4.31 Å². The van der Waals surface area contributed by atoms with Crippen LogP contribution in [-0.2, 0) is 19.6 Å². The average molecular weight is 277 g/mol. The van der Waals surface area contributed by atoms with Crippen LogP contribution in [0.2, 0.25) is 0 Å². The van der Waals surface area contributed by atoms with E-state index in [0.29, 0.717) is 18.9 Å². The Balaban J connectivity index is 2.51. The van der Waals surface area contributed by atoms with Gasteiger partial charge in [0.1, 0.15) is 0 Å². The van der Waals surface area contributed by atoms with Crippen molar-refractivity contribution < 1.29 is 17.9 Å². The van der Waals surface area contributed by atoms with Crippen molar-refractivity contribution in [2.75, 3.05) is 19.4 Å². The molecule has 18 heavy (non-hydrogen) atoms. The maximum absolute atomic E-state index is 12.2. The number of rotatable bonds is 8. The lowest BCUT2D eigenvalue weighted by atomic mass is 10.2. The van der Waals surface area contributed by atoms with Gasteiger partial charge in [0.25, 0.3) is 0 Å². The molecule has 1 aliphatic carbocycles. The highest BCUT2D eigenvalue weighted by molar-refractivity contribution is 7.89. The molecular formula is C12H23NO4S. The van der Waals surface area contributed by atoms with Crippen molar-refractivity contribution in [2.45, 2.75) is 45.6 Å². The van der Waals surface area contributed by atoms with Crippen LogP contribution in [0, 0.1) is 5.92 Å². The van der Waals surface area contributed by atoms with E-state index in [4.69, 9.17) is 0 Å². The minimum atomic E-state index is -3.23. The molecule has 0 amide bonds. The molecule has 0 aliphatic heterocycles. The molecule has 1 rings (SSSR count). The first-order valence-corrected chi connectivity index (χ1v) is 8.04. The lowest BCUT2D eigenvalue weighted by Gasteiger charge is -2.23. The summed E-state index contributed by atoms with van der Waals surface area (Å²) in [6.07, 6.45) is 2.41. The van der Waals surface area contributed by atoms with Crippen LogP contribution >= 0.6 is 0 Å². The lowest BCUT2D eigenvalue weighted by Crippen LogP contribution is -2.37. The number of esters is 1. The Morgan fingerprint density at radius 2 is 2.00 bits per heavy atom. The largest absolute Gasteiger partial charge is 0.469 e. The highest BCUT2D eigenvalue weighted by atomic mass is 32.2. The van der Waals surface area contributed by atoms with Crippen LogP contribution in [0.5, 0.6) is 0 Å². The van der Waals surface area contributed by atoms with Crippen LogP contribution in [0.4, 0.5) is 0 Å². The molecule has 0 bridgehead atoms. The topological polar surface area (TPSA) is 63.7 Å². The predicted octanol–water partition coefficient (Wildman–Crippen LogP) is 1.39. The summed E-state index contributed by atoms with van der Waals surface area (Å²) in [5.74, 6) is -0.00119. The smallest absolute Gasteiger partial charge is 0.305 e. The molecule has 1 saturated carbocycles. The molecule has 1 aliphatic rings. The number of carbonyl (C=O) groups excluding carboxylic acids is 1. The fourth-order valence-corrected chi connectivity index (χ4v) is 3.76. The first-order valence-electron chi connectivity index (χ1n) is 6.43. The summed E-state index contributed by atoms with van der Waals surface area (Å²) < 4.78 is 30.5. The van der Waals surface area contributed by atoms with Gasteiger partial charge in [-0.15, -0.1) is 0 Å². The van der Waals surface area contributed by atoms with Gasteiger partial charge in [-0.25, -0.2) is 8.42 Å². The van der Waals surface area contributed by atoms with Gasteiger partial charge in [-0.05, 0) is 25.2 Å². The van der Waals surface area contributed by atoms with Crippen molar-refractivity contribution in [1.82, 2.24) is 4.31 Å². The van der Waals surface area contributed by atoms with Crippen molar-refractivity contribution in [1.29, 1.82) is 0 Å². The zero-order chi connectivity index (χ0) is 13.8. The molecule has 6 heteroatoms. The third-order valence-electron chi connectivity index (χ3n) is 2.87. The number of carbonyl (C=O) groups is 1. The van der Waals surface area contributed by atoms with E-state index in [1.165, 1.54) is 7.11 Å². The van der Waals surface area contributed by atoms with Gasteiger partial charge in [-0.2, -0.15) is 4.31 Å². The maximum Gasteiger partial charge on any atom is 0.305 e. The number of hydrogen-bond acceptors (Lipinski definition) is 4. The Labute approximate surface area is 110 Å². The third kappa shape index (κ3) is 4.94. The van der Waals surface area contributed by atoms with Crippen molar-refractivity contribution in [3.8, 4) is 0 Å². The third-order valence-corrected chi connectivity index (χ3v) is 4.83. The molecule has 0 unspecified atom stereocenters. The van der Waals surface area contributed by atoms with Crippen molar-refractivity contribution in [3.05, 3.63) is 0 Å². The fraction of sp³-hybridized carbons (Fsp3) is 0.917. The Hall–Kier alpha value is -0.620. The van der Waals surface area contributed by atoms with E-state index in [-0.39, 0.29) is 24.2 Å². The molecule has 1 fully saturated rings. The van der Waals surface area contributed by atoms with Crippen molar-refractivity contribution in [2.24, 2.45) is 5.92 Å². The summed E-state index contributed by atoms with van der Waals surface area (Å²) in [7, 11) is -1.92. The van der Waals surface area contributed by atoms with Gasteiger partial charge in [0, 0.05) is 19.0 Å². The number of methoxy groups -OCH3 is 1. The van der Waals surface area contributed by atoms with Crippen LogP contribution in [0.15, 0.2) is 0 Å². The highest BCUT2D eigenvalue weighted by Crippen LogP contribution is 2.30. The maximum atomic E-state index is 12.2. The van der Waals surface area contributed by atoms with Crippen molar-refractivity contribution in [3.63, 3.8) is 0 Å². The lowest BCUT2D eigenvalue weighted by molar-refractivity contribution is -0.140. The standard InChI is InChI=1S/C12H23NO4S/c1-10(2)9-13(11-6-7-11)18(15,16)8-4-5-12(14)17-3/h10-11H,4-9H2,1-3H3. The molecule has 0 radical (unpaired) electrons. The monoisotopic (exact) mass is 277 g/mol. The van der Waals surface area contributed by atoms with Gasteiger partial charge < -0.3 is 4.74 Å². The molecule has 106 valence electrons. The minimum Gasteiger partial charge on any atom is -0.469 e. The second-order valence-electron chi connectivity index (χ2n) is 5.19. The molecule has 0 aromatic heterocycles. The van der Waals surface area contributed by atoms with Gasteiger partial charge >= 0.3 is 5.97 Å². The Bertz CT molecular complexity index is 374. The molecule has 5 nitrogen and oxygen atoms in total. The van der Waals surface area contributed by atoms with Gasteiger partial charge in [0.2, 0.25) is 10.0 Å². The van der Waals surface area contributed by atoms with Crippen LogP contribution in [-0.4, -0.2) is 44.1 Å². The molecule has 0 saturated heterocycles. The molecule has 0 atom stereocenters. The summed E-state index contributed by atoms with van der Waals surface area (Å²) in [6, 6.07) is 0.190. The second kappa shape index (κ2) is 6.52. The average Bonchev–Trinajstić information content (AvgIpc) is 3.08. The summed E-state index contributed by atoms with van der Waals surface area (Å²) in [5, 5.41) is 0. The van der Waals surface area contributed by atoms with Crippen LogP contribution in [0.3, 0.4) is 0 Å². The number of hydrogen-bond donors (Lipinski definition) is 0. The summed E-state index contributed by atoms with van der Waals surface area (Å²) in [5.41, 5.74) is 0. The molecule has 0 spiro atoms. The first kappa shape index (κ1) is 15.4. The van der Waals surface area contributed by atoms with E-state index in [0.717, 1.165) is 12.8 Å². The molecular weight excluding hydrogens is 254 g/mol. The highest BCUT2D eigenvalue weighted by Gasteiger charge is 2.36. The van der Waals surface area contributed by atoms with E-state index in [2.05, 4.69) is 4.74 Å². The molecule has 0 N–H and O–H groups in total. The Morgan fingerprint density at radius 3 is 2.44 bits per heavy atom. The van der Waals surface area contributed by atoms with Crippen LogP contribution in [0.1, 0.15) is 39.5 Å². The SMILES string of the molecule is COC(=O)CCCS(=O)(=O)N(CC(C)C)C1CC1. The quantitative estimate of drug-likeness (QED) is 0.629.